The number of hydrogen-bond donors (Lipinski definition) is 2. The number of aromatic nitrogens is 2. The van der Waals surface area contributed by atoms with Gasteiger partial charge in [0.25, 0.3) is 0 Å². The van der Waals surface area contributed by atoms with Crippen LogP contribution >= 0.6 is 11.6 Å². The SMILES string of the molecule is COCCn1ncc(Cl)c1C(NN)c1ccco1. The van der Waals surface area contributed by atoms with Crippen molar-refractivity contribution < 1.29 is 9.15 Å². The molecule has 2 rings (SSSR count). The lowest BCUT2D eigenvalue weighted by atomic mass is 10.1. The second kappa shape index (κ2) is 6.01. The van der Waals surface area contributed by atoms with Crippen molar-refractivity contribution in [3.63, 3.8) is 0 Å². The van der Waals surface area contributed by atoms with Crippen LogP contribution in [0, 0.1) is 0 Å². The lowest BCUT2D eigenvalue weighted by Gasteiger charge is -2.16. The van der Waals surface area contributed by atoms with E-state index in [1.807, 2.05) is 6.07 Å². The van der Waals surface area contributed by atoms with E-state index < -0.39 is 0 Å². The van der Waals surface area contributed by atoms with E-state index in [4.69, 9.17) is 26.6 Å². The molecule has 0 spiro atoms. The van der Waals surface area contributed by atoms with Crippen molar-refractivity contribution in [2.45, 2.75) is 12.6 Å². The summed E-state index contributed by atoms with van der Waals surface area (Å²) in [6, 6.07) is 3.28. The van der Waals surface area contributed by atoms with Gasteiger partial charge in [-0.25, -0.2) is 5.43 Å². The molecule has 0 bridgehead atoms. The van der Waals surface area contributed by atoms with E-state index >= 15 is 0 Å². The highest BCUT2D eigenvalue weighted by atomic mass is 35.5. The van der Waals surface area contributed by atoms with Gasteiger partial charge in [-0.3, -0.25) is 10.5 Å². The molecule has 0 aromatic carbocycles. The highest BCUT2D eigenvalue weighted by Crippen LogP contribution is 2.27. The van der Waals surface area contributed by atoms with Gasteiger partial charge in [0, 0.05) is 7.11 Å². The number of nitrogens with two attached hydrogens (primary N) is 1. The predicted molar refractivity (Wildman–Crippen MR) is 67.0 cm³/mol. The predicted octanol–water partition coefficient (Wildman–Crippen LogP) is 1.33. The van der Waals surface area contributed by atoms with Gasteiger partial charge in [0.2, 0.25) is 0 Å². The molecule has 6 nitrogen and oxygen atoms in total. The van der Waals surface area contributed by atoms with E-state index in [0.29, 0.717) is 23.9 Å². The van der Waals surface area contributed by atoms with Crippen LogP contribution in [-0.2, 0) is 11.3 Å². The molecule has 7 heteroatoms. The molecule has 0 aliphatic heterocycles. The second-order valence-corrected chi connectivity index (χ2v) is 4.12. The second-order valence-electron chi connectivity index (χ2n) is 3.71. The van der Waals surface area contributed by atoms with Crippen LogP contribution in [0.15, 0.2) is 29.0 Å². The van der Waals surface area contributed by atoms with Gasteiger partial charge in [0.1, 0.15) is 11.8 Å². The summed E-state index contributed by atoms with van der Waals surface area (Å²) < 4.78 is 12.1. The fourth-order valence-corrected chi connectivity index (χ4v) is 2.02. The van der Waals surface area contributed by atoms with Crippen molar-refractivity contribution >= 4 is 11.6 Å². The monoisotopic (exact) mass is 270 g/mol. The van der Waals surface area contributed by atoms with Crippen molar-refractivity contribution in [3.8, 4) is 0 Å². The van der Waals surface area contributed by atoms with Gasteiger partial charge in [-0.1, -0.05) is 11.6 Å². The van der Waals surface area contributed by atoms with Gasteiger partial charge >= 0.3 is 0 Å². The van der Waals surface area contributed by atoms with Crippen molar-refractivity contribution in [1.82, 2.24) is 15.2 Å². The van der Waals surface area contributed by atoms with Crippen LogP contribution in [0.25, 0.3) is 0 Å². The summed E-state index contributed by atoms with van der Waals surface area (Å²) in [7, 11) is 1.63. The highest BCUT2D eigenvalue weighted by molar-refractivity contribution is 6.31. The quantitative estimate of drug-likeness (QED) is 0.612. The maximum atomic E-state index is 6.15. The van der Waals surface area contributed by atoms with Crippen LogP contribution in [0.2, 0.25) is 5.02 Å². The molecule has 0 saturated heterocycles. The average Bonchev–Trinajstić information content (AvgIpc) is 3.00. The van der Waals surface area contributed by atoms with Gasteiger partial charge in [-0.15, -0.1) is 0 Å². The molecular weight excluding hydrogens is 256 g/mol. The van der Waals surface area contributed by atoms with Gasteiger partial charge in [0.05, 0.1) is 36.3 Å². The Bertz CT molecular complexity index is 483. The number of hydrogen-bond acceptors (Lipinski definition) is 5. The Morgan fingerprint density at radius 1 is 1.67 bits per heavy atom. The molecule has 0 amide bonds. The first-order valence-electron chi connectivity index (χ1n) is 5.47. The summed E-state index contributed by atoms with van der Waals surface area (Å²) in [5.74, 6) is 6.26. The molecule has 1 unspecified atom stereocenters. The number of rotatable bonds is 6. The fourth-order valence-electron chi connectivity index (χ4n) is 1.77. The number of nitrogens with zero attached hydrogens (tertiary/aromatic N) is 2. The first-order valence-corrected chi connectivity index (χ1v) is 5.85. The van der Waals surface area contributed by atoms with Crippen LogP contribution in [0.3, 0.4) is 0 Å². The first kappa shape index (κ1) is 13.1. The zero-order valence-electron chi connectivity index (χ0n) is 9.97. The summed E-state index contributed by atoms with van der Waals surface area (Å²) in [6.45, 7) is 1.14. The molecule has 0 fully saturated rings. The molecule has 0 saturated carbocycles. The van der Waals surface area contributed by atoms with Crippen LogP contribution in [0.1, 0.15) is 17.5 Å². The molecule has 2 aromatic heterocycles. The number of halogens is 1. The van der Waals surface area contributed by atoms with Crippen LogP contribution in [0.4, 0.5) is 0 Å². The Hall–Kier alpha value is -1.34. The Kier molecular flexibility index (Phi) is 4.38. The Morgan fingerprint density at radius 2 is 2.50 bits per heavy atom. The number of methoxy groups -OCH3 is 1. The highest BCUT2D eigenvalue weighted by Gasteiger charge is 2.23. The van der Waals surface area contributed by atoms with Crippen LogP contribution < -0.4 is 11.3 Å². The van der Waals surface area contributed by atoms with E-state index in [-0.39, 0.29) is 6.04 Å². The third-order valence-corrected chi connectivity index (χ3v) is 2.90. The molecule has 98 valence electrons. The smallest absolute Gasteiger partial charge is 0.128 e. The van der Waals surface area contributed by atoms with Gasteiger partial charge < -0.3 is 9.15 Å². The Balaban J connectivity index is 2.32. The molecule has 18 heavy (non-hydrogen) atoms. The number of ether oxygens (including phenoxy) is 1. The molecule has 3 N–H and O–H groups in total. The number of furan rings is 1. The largest absolute Gasteiger partial charge is 0.467 e. The standard InChI is InChI=1S/C11H15ClN4O2/c1-17-6-4-16-11(8(12)7-14-16)10(15-13)9-3-2-5-18-9/h2-3,5,7,10,15H,4,6,13H2,1H3. The molecular formula is C11H15ClN4O2. The van der Waals surface area contributed by atoms with E-state index in [1.165, 1.54) is 0 Å². The summed E-state index contributed by atoms with van der Waals surface area (Å²) in [5.41, 5.74) is 3.44. The maximum absolute atomic E-state index is 6.15. The zero-order valence-corrected chi connectivity index (χ0v) is 10.7. The third-order valence-electron chi connectivity index (χ3n) is 2.61. The van der Waals surface area contributed by atoms with Gasteiger partial charge in [-0.05, 0) is 12.1 Å². The summed E-state index contributed by atoms with van der Waals surface area (Å²) in [4.78, 5) is 0. The molecule has 0 aliphatic rings. The minimum Gasteiger partial charge on any atom is -0.467 e. The Labute approximate surface area is 110 Å². The topological polar surface area (TPSA) is 78.2 Å². The minimum absolute atomic E-state index is 0.341. The van der Waals surface area contributed by atoms with E-state index in [1.54, 1.807) is 30.3 Å². The normalized spacial score (nSPS) is 12.8. The van der Waals surface area contributed by atoms with Crippen molar-refractivity contribution in [2.75, 3.05) is 13.7 Å². The first-order chi connectivity index (χ1) is 8.77. The third kappa shape index (κ3) is 2.56. The minimum atomic E-state index is -0.341. The fraction of sp³-hybridized carbons (Fsp3) is 0.364. The lowest BCUT2D eigenvalue weighted by Crippen LogP contribution is -2.31. The van der Waals surface area contributed by atoms with Crippen LogP contribution in [0.5, 0.6) is 0 Å². The van der Waals surface area contributed by atoms with Crippen molar-refractivity contribution in [2.24, 2.45) is 5.84 Å². The van der Waals surface area contributed by atoms with E-state index in [0.717, 1.165) is 5.69 Å². The lowest BCUT2D eigenvalue weighted by molar-refractivity contribution is 0.181. The number of hydrazine groups is 1. The van der Waals surface area contributed by atoms with E-state index in [9.17, 15) is 0 Å². The van der Waals surface area contributed by atoms with Crippen molar-refractivity contribution in [3.05, 3.63) is 41.1 Å². The average molecular weight is 271 g/mol. The zero-order chi connectivity index (χ0) is 13.0. The summed E-state index contributed by atoms with van der Waals surface area (Å²) in [6.07, 6.45) is 3.17. The summed E-state index contributed by atoms with van der Waals surface area (Å²) in [5, 5.41) is 4.73. The summed E-state index contributed by atoms with van der Waals surface area (Å²) >= 11 is 6.15. The molecule has 1 atom stereocenters. The molecule has 0 aliphatic carbocycles. The van der Waals surface area contributed by atoms with Gasteiger partial charge in [-0.2, -0.15) is 5.10 Å². The van der Waals surface area contributed by atoms with Crippen molar-refractivity contribution in [1.29, 1.82) is 0 Å². The Morgan fingerprint density at radius 3 is 3.11 bits per heavy atom. The molecule has 0 radical (unpaired) electrons. The van der Waals surface area contributed by atoms with E-state index in [2.05, 4.69) is 10.5 Å². The number of nitrogens with one attached hydrogen (secondary N) is 1. The molecule has 2 aromatic rings. The maximum Gasteiger partial charge on any atom is 0.128 e. The molecule has 2 heterocycles. The van der Waals surface area contributed by atoms with Gasteiger partial charge in [0.15, 0.2) is 0 Å². The van der Waals surface area contributed by atoms with Crippen LogP contribution in [-0.4, -0.2) is 23.5 Å².